The Morgan fingerprint density at radius 1 is 0.733 bits per heavy atom. The number of hydrogen-bond donors (Lipinski definition) is 1. The number of rotatable bonds is 11. The van der Waals surface area contributed by atoms with Gasteiger partial charge in [-0.15, -0.1) is 0 Å². The molecule has 0 unspecified atom stereocenters. The van der Waals surface area contributed by atoms with Gasteiger partial charge in [0.1, 0.15) is 0 Å². The van der Waals surface area contributed by atoms with Crippen molar-refractivity contribution in [1.29, 1.82) is 0 Å². The fourth-order valence-electron chi connectivity index (χ4n) is 1.65. The molecule has 0 radical (unpaired) electrons. The van der Waals surface area contributed by atoms with E-state index in [1.54, 1.807) is 0 Å². The first-order valence-corrected chi connectivity index (χ1v) is 6.67. The van der Waals surface area contributed by atoms with E-state index in [2.05, 4.69) is 19.1 Å². The highest BCUT2D eigenvalue weighted by molar-refractivity contribution is 4.81. The topological polar surface area (TPSA) is 20.2 Å². The molecule has 0 atom stereocenters. The molecule has 0 aliphatic heterocycles. The van der Waals surface area contributed by atoms with E-state index in [-0.39, 0.29) is 0 Å². The highest BCUT2D eigenvalue weighted by Crippen LogP contribution is 2.06. The van der Waals surface area contributed by atoms with Crippen LogP contribution in [0.2, 0.25) is 0 Å². The molecule has 0 saturated heterocycles. The summed E-state index contributed by atoms with van der Waals surface area (Å²) in [6.07, 6.45) is 17.3. The van der Waals surface area contributed by atoms with Gasteiger partial charge in [0.15, 0.2) is 0 Å². The molecule has 1 heteroatoms. The van der Waals surface area contributed by atoms with Crippen LogP contribution in [0.1, 0.15) is 71.1 Å². The first-order valence-electron chi connectivity index (χ1n) is 6.67. The summed E-state index contributed by atoms with van der Waals surface area (Å²) in [6, 6.07) is 0. The largest absolute Gasteiger partial charge is 0.396 e. The molecule has 0 rings (SSSR count). The lowest BCUT2D eigenvalue weighted by Gasteiger charge is -1.96. The molecule has 0 aliphatic rings. The number of allylic oxidation sites excluding steroid dienone is 2. The summed E-state index contributed by atoms with van der Waals surface area (Å²) in [5.74, 6) is 0. The molecule has 0 saturated carbocycles. The maximum atomic E-state index is 8.60. The molecular formula is C14H28O. The van der Waals surface area contributed by atoms with E-state index in [0.29, 0.717) is 6.61 Å². The van der Waals surface area contributed by atoms with Gasteiger partial charge in [-0.3, -0.25) is 0 Å². The Hall–Kier alpha value is -0.300. The Morgan fingerprint density at radius 2 is 1.27 bits per heavy atom. The summed E-state index contributed by atoms with van der Waals surface area (Å²) in [5.41, 5.74) is 0. The number of aliphatic hydroxyl groups is 1. The minimum Gasteiger partial charge on any atom is -0.396 e. The zero-order valence-corrected chi connectivity index (χ0v) is 10.4. The van der Waals surface area contributed by atoms with Crippen LogP contribution in [0.5, 0.6) is 0 Å². The third-order valence-corrected chi connectivity index (χ3v) is 2.67. The van der Waals surface area contributed by atoms with E-state index in [1.165, 1.54) is 57.8 Å². The zero-order valence-electron chi connectivity index (χ0n) is 10.4. The third kappa shape index (κ3) is 13.7. The number of hydrogen-bond acceptors (Lipinski definition) is 1. The van der Waals surface area contributed by atoms with E-state index < -0.39 is 0 Å². The summed E-state index contributed by atoms with van der Waals surface area (Å²) < 4.78 is 0. The predicted molar refractivity (Wildman–Crippen MR) is 68.1 cm³/mol. The van der Waals surface area contributed by atoms with E-state index in [9.17, 15) is 0 Å². The summed E-state index contributed by atoms with van der Waals surface area (Å²) >= 11 is 0. The van der Waals surface area contributed by atoms with E-state index in [0.717, 1.165) is 6.42 Å². The van der Waals surface area contributed by atoms with Crippen molar-refractivity contribution in [2.45, 2.75) is 71.1 Å². The van der Waals surface area contributed by atoms with Crippen LogP contribution in [0.3, 0.4) is 0 Å². The lowest BCUT2D eigenvalue weighted by Crippen LogP contribution is -1.82. The Bertz CT molecular complexity index is 129. The molecule has 90 valence electrons. The summed E-state index contributed by atoms with van der Waals surface area (Å²) in [4.78, 5) is 0. The van der Waals surface area contributed by atoms with E-state index >= 15 is 0 Å². The molecule has 0 bridgehead atoms. The molecule has 0 heterocycles. The number of unbranched alkanes of at least 4 members (excludes halogenated alkanes) is 8. The van der Waals surface area contributed by atoms with Gasteiger partial charge < -0.3 is 5.11 Å². The van der Waals surface area contributed by atoms with Gasteiger partial charge in [-0.25, -0.2) is 0 Å². The van der Waals surface area contributed by atoms with Crippen molar-refractivity contribution in [2.24, 2.45) is 0 Å². The van der Waals surface area contributed by atoms with Crippen molar-refractivity contribution in [3.8, 4) is 0 Å². The fourth-order valence-corrected chi connectivity index (χ4v) is 1.65. The average Bonchev–Trinajstić information content (AvgIpc) is 2.26. The molecule has 0 fully saturated rings. The van der Waals surface area contributed by atoms with Crippen molar-refractivity contribution in [1.82, 2.24) is 0 Å². The quantitative estimate of drug-likeness (QED) is 0.396. The van der Waals surface area contributed by atoms with Crippen molar-refractivity contribution in [3.05, 3.63) is 12.2 Å². The molecular weight excluding hydrogens is 184 g/mol. The summed E-state index contributed by atoms with van der Waals surface area (Å²) in [7, 11) is 0. The van der Waals surface area contributed by atoms with Gasteiger partial charge in [-0.2, -0.15) is 0 Å². The smallest absolute Gasteiger partial charge is 0.0431 e. The van der Waals surface area contributed by atoms with Gasteiger partial charge in [0, 0.05) is 6.61 Å². The van der Waals surface area contributed by atoms with Crippen molar-refractivity contribution < 1.29 is 5.11 Å². The molecule has 1 N–H and O–H groups in total. The van der Waals surface area contributed by atoms with Crippen LogP contribution in [0, 0.1) is 0 Å². The van der Waals surface area contributed by atoms with Crippen LogP contribution in [-0.4, -0.2) is 11.7 Å². The monoisotopic (exact) mass is 212 g/mol. The Morgan fingerprint density at radius 3 is 1.80 bits per heavy atom. The lowest BCUT2D eigenvalue weighted by atomic mass is 10.1. The van der Waals surface area contributed by atoms with E-state index in [4.69, 9.17) is 5.11 Å². The second-order valence-corrected chi connectivity index (χ2v) is 4.25. The first kappa shape index (κ1) is 14.7. The molecule has 0 spiro atoms. The molecule has 15 heavy (non-hydrogen) atoms. The summed E-state index contributed by atoms with van der Waals surface area (Å²) in [6.45, 7) is 2.61. The molecule has 0 aliphatic carbocycles. The number of aliphatic hydroxyl groups excluding tert-OH is 1. The molecule has 0 aromatic heterocycles. The lowest BCUT2D eigenvalue weighted by molar-refractivity contribution is 0.282. The minimum atomic E-state index is 0.354. The standard InChI is InChI=1S/C14H28O/c1-2-3-4-5-6-7-8-9-10-11-12-13-14-15/h7-8,15H,2-6,9-14H2,1H3/b8-7-. The fraction of sp³-hybridized carbons (Fsp3) is 0.857. The Kier molecular flexibility index (Phi) is 13.4. The van der Waals surface area contributed by atoms with Crippen molar-refractivity contribution in [2.75, 3.05) is 6.61 Å². The highest BCUT2D eigenvalue weighted by atomic mass is 16.2. The van der Waals surface area contributed by atoms with Crippen molar-refractivity contribution in [3.63, 3.8) is 0 Å². The van der Waals surface area contributed by atoms with Crippen LogP contribution in [-0.2, 0) is 0 Å². The normalized spacial score (nSPS) is 11.3. The Balaban J connectivity index is 2.97. The van der Waals surface area contributed by atoms with Crippen molar-refractivity contribution >= 4 is 0 Å². The Labute approximate surface area is 95.6 Å². The van der Waals surface area contributed by atoms with Crippen LogP contribution in [0.25, 0.3) is 0 Å². The van der Waals surface area contributed by atoms with E-state index in [1.807, 2.05) is 0 Å². The van der Waals surface area contributed by atoms with Gasteiger partial charge in [0.05, 0.1) is 0 Å². The van der Waals surface area contributed by atoms with Crippen LogP contribution in [0.15, 0.2) is 12.2 Å². The van der Waals surface area contributed by atoms with Gasteiger partial charge in [0.25, 0.3) is 0 Å². The third-order valence-electron chi connectivity index (χ3n) is 2.67. The van der Waals surface area contributed by atoms with Crippen LogP contribution >= 0.6 is 0 Å². The molecule has 0 aromatic rings. The maximum absolute atomic E-state index is 8.60. The maximum Gasteiger partial charge on any atom is 0.0431 e. The highest BCUT2D eigenvalue weighted by Gasteiger charge is 1.87. The van der Waals surface area contributed by atoms with Gasteiger partial charge in [-0.1, -0.05) is 51.2 Å². The molecule has 1 nitrogen and oxygen atoms in total. The second kappa shape index (κ2) is 13.7. The summed E-state index contributed by atoms with van der Waals surface area (Å²) in [5, 5.41) is 8.60. The predicted octanol–water partition coefficient (Wildman–Crippen LogP) is 4.46. The van der Waals surface area contributed by atoms with Gasteiger partial charge in [0.2, 0.25) is 0 Å². The minimum absolute atomic E-state index is 0.354. The average molecular weight is 212 g/mol. The van der Waals surface area contributed by atoms with Crippen LogP contribution in [0.4, 0.5) is 0 Å². The van der Waals surface area contributed by atoms with Gasteiger partial charge in [-0.05, 0) is 32.1 Å². The first-order chi connectivity index (χ1) is 7.41. The van der Waals surface area contributed by atoms with Crippen LogP contribution < -0.4 is 0 Å². The SMILES string of the molecule is CCCCCC/C=C\CCCCCCO. The zero-order chi connectivity index (χ0) is 11.2. The molecule has 0 amide bonds. The molecule has 0 aromatic carbocycles. The second-order valence-electron chi connectivity index (χ2n) is 4.25. The van der Waals surface area contributed by atoms with Gasteiger partial charge >= 0.3 is 0 Å².